The van der Waals surface area contributed by atoms with Crippen LogP contribution in [0.3, 0.4) is 0 Å². The van der Waals surface area contributed by atoms with E-state index in [1.54, 1.807) is 12.1 Å². The third kappa shape index (κ3) is 5.36. The molecule has 0 saturated carbocycles. The predicted molar refractivity (Wildman–Crippen MR) is 87.3 cm³/mol. The summed E-state index contributed by atoms with van der Waals surface area (Å²) in [7, 11) is 0. The molecule has 1 saturated heterocycles. The van der Waals surface area contributed by atoms with Gasteiger partial charge in [-0.2, -0.15) is 0 Å². The number of rotatable bonds is 6. The highest BCUT2D eigenvalue weighted by molar-refractivity contribution is 5.90. The normalized spacial score (nSPS) is 16.8. The van der Waals surface area contributed by atoms with E-state index in [1.807, 2.05) is 12.1 Å². The Labute approximate surface area is 127 Å². The average Bonchev–Trinajstić information content (AvgIpc) is 2.50. The van der Waals surface area contributed by atoms with Gasteiger partial charge in [0.1, 0.15) is 0 Å². The molecule has 1 amide bonds. The summed E-state index contributed by atoms with van der Waals surface area (Å²) in [5.41, 5.74) is 7.14. The number of nitrogen functional groups attached to an aromatic ring is 1. The van der Waals surface area contributed by atoms with Crippen LogP contribution >= 0.6 is 0 Å². The van der Waals surface area contributed by atoms with Crippen LogP contribution in [0.2, 0.25) is 0 Å². The second-order valence-corrected chi connectivity index (χ2v) is 5.55. The van der Waals surface area contributed by atoms with E-state index in [0.717, 1.165) is 51.4 Å². The van der Waals surface area contributed by atoms with Gasteiger partial charge < -0.3 is 20.9 Å². The fourth-order valence-electron chi connectivity index (χ4n) is 2.58. The third-order valence-corrected chi connectivity index (χ3v) is 3.98. The Kier molecular flexibility index (Phi) is 6.02. The number of benzene rings is 1. The highest BCUT2D eigenvalue weighted by Gasteiger charge is 2.15. The molecule has 0 radical (unpaired) electrons. The van der Waals surface area contributed by atoms with Gasteiger partial charge in [-0.25, -0.2) is 0 Å². The second-order valence-electron chi connectivity index (χ2n) is 5.55. The Morgan fingerprint density at radius 1 is 1.14 bits per heavy atom. The Morgan fingerprint density at radius 3 is 2.38 bits per heavy atom. The lowest BCUT2D eigenvalue weighted by atomic mass is 10.2. The first-order valence-electron chi connectivity index (χ1n) is 7.77. The highest BCUT2D eigenvalue weighted by Crippen LogP contribution is 2.11. The minimum Gasteiger partial charge on any atom is -0.399 e. The predicted octanol–water partition coefficient (Wildman–Crippen LogP) is 1.62. The van der Waals surface area contributed by atoms with Crippen LogP contribution in [-0.4, -0.2) is 55.0 Å². The standard InChI is InChI=1S/C16H26N4O/c1-2-19-10-12-20(13-11-19)9-3-4-16(21)18-15-7-5-14(17)6-8-15/h5-8H,2-4,9-13,17H2,1H3,(H,18,21). The van der Waals surface area contributed by atoms with Crippen LogP contribution in [0.1, 0.15) is 19.8 Å². The summed E-state index contributed by atoms with van der Waals surface area (Å²) in [6.45, 7) is 8.88. The summed E-state index contributed by atoms with van der Waals surface area (Å²) >= 11 is 0. The number of amides is 1. The molecule has 0 spiro atoms. The molecule has 21 heavy (non-hydrogen) atoms. The van der Waals surface area contributed by atoms with Gasteiger partial charge in [0.15, 0.2) is 0 Å². The molecule has 0 bridgehead atoms. The number of anilines is 2. The van der Waals surface area contributed by atoms with Crippen molar-refractivity contribution in [2.75, 3.05) is 50.3 Å². The topological polar surface area (TPSA) is 61.6 Å². The quantitative estimate of drug-likeness (QED) is 0.782. The van der Waals surface area contributed by atoms with E-state index in [1.165, 1.54) is 0 Å². The van der Waals surface area contributed by atoms with Gasteiger partial charge >= 0.3 is 0 Å². The van der Waals surface area contributed by atoms with Crippen LogP contribution in [0.4, 0.5) is 11.4 Å². The van der Waals surface area contributed by atoms with Crippen LogP contribution in [0.15, 0.2) is 24.3 Å². The van der Waals surface area contributed by atoms with Gasteiger partial charge in [-0.3, -0.25) is 4.79 Å². The van der Waals surface area contributed by atoms with Gasteiger partial charge in [0.2, 0.25) is 5.91 Å². The summed E-state index contributed by atoms with van der Waals surface area (Å²) < 4.78 is 0. The number of carbonyl (C=O) groups excluding carboxylic acids is 1. The summed E-state index contributed by atoms with van der Waals surface area (Å²) in [5, 5.41) is 2.90. The molecule has 0 unspecified atom stereocenters. The molecule has 3 N–H and O–H groups in total. The second kappa shape index (κ2) is 8.00. The Hall–Kier alpha value is -1.59. The van der Waals surface area contributed by atoms with Crippen molar-refractivity contribution in [3.05, 3.63) is 24.3 Å². The zero-order valence-corrected chi connectivity index (χ0v) is 12.8. The van der Waals surface area contributed by atoms with E-state index < -0.39 is 0 Å². The smallest absolute Gasteiger partial charge is 0.224 e. The number of carbonyl (C=O) groups is 1. The molecule has 1 heterocycles. The van der Waals surface area contributed by atoms with Crippen molar-refractivity contribution < 1.29 is 4.79 Å². The molecular weight excluding hydrogens is 264 g/mol. The Morgan fingerprint density at radius 2 is 1.76 bits per heavy atom. The summed E-state index contributed by atoms with van der Waals surface area (Å²) in [6.07, 6.45) is 1.48. The third-order valence-electron chi connectivity index (χ3n) is 3.98. The van der Waals surface area contributed by atoms with Crippen molar-refractivity contribution in [3.63, 3.8) is 0 Å². The maximum absolute atomic E-state index is 11.9. The van der Waals surface area contributed by atoms with E-state index >= 15 is 0 Å². The van der Waals surface area contributed by atoms with E-state index in [9.17, 15) is 4.79 Å². The van der Waals surface area contributed by atoms with E-state index in [4.69, 9.17) is 5.73 Å². The van der Waals surface area contributed by atoms with E-state index in [2.05, 4.69) is 22.0 Å². The first-order chi connectivity index (χ1) is 10.2. The molecule has 1 aliphatic rings. The Balaban J connectivity index is 1.62. The molecule has 2 rings (SSSR count). The van der Waals surface area contributed by atoms with Crippen molar-refractivity contribution in [3.8, 4) is 0 Å². The molecule has 1 aliphatic heterocycles. The summed E-state index contributed by atoms with van der Waals surface area (Å²) in [4.78, 5) is 16.8. The number of likely N-dealkylation sites (N-methyl/N-ethyl adjacent to an activating group) is 1. The molecule has 1 aromatic rings. The first kappa shape index (κ1) is 15.8. The van der Waals surface area contributed by atoms with Crippen LogP contribution in [0, 0.1) is 0 Å². The molecule has 0 aromatic heterocycles. The number of nitrogens with zero attached hydrogens (tertiary/aromatic N) is 2. The number of piperazine rings is 1. The first-order valence-corrected chi connectivity index (χ1v) is 7.77. The fraction of sp³-hybridized carbons (Fsp3) is 0.562. The minimum atomic E-state index is 0.0759. The van der Waals surface area contributed by atoms with Crippen LogP contribution in [-0.2, 0) is 4.79 Å². The van der Waals surface area contributed by atoms with Crippen molar-refractivity contribution in [1.29, 1.82) is 0 Å². The average molecular weight is 290 g/mol. The zero-order valence-electron chi connectivity index (χ0n) is 12.8. The maximum atomic E-state index is 11.9. The molecule has 0 atom stereocenters. The fourth-order valence-corrected chi connectivity index (χ4v) is 2.58. The van der Waals surface area contributed by atoms with E-state index in [-0.39, 0.29) is 5.91 Å². The van der Waals surface area contributed by atoms with Gasteiger partial charge in [0.05, 0.1) is 0 Å². The van der Waals surface area contributed by atoms with E-state index in [0.29, 0.717) is 12.1 Å². The van der Waals surface area contributed by atoms with Gasteiger partial charge in [-0.15, -0.1) is 0 Å². The van der Waals surface area contributed by atoms with Crippen molar-refractivity contribution in [1.82, 2.24) is 9.80 Å². The summed E-state index contributed by atoms with van der Waals surface area (Å²) in [5.74, 6) is 0.0759. The lowest BCUT2D eigenvalue weighted by molar-refractivity contribution is -0.116. The molecule has 0 aliphatic carbocycles. The van der Waals surface area contributed by atoms with Crippen molar-refractivity contribution in [2.24, 2.45) is 0 Å². The van der Waals surface area contributed by atoms with Gasteiger partial charge in [0, 0.05) is 44.0 Å². The Bertz CT molecular complexity index is 438. The number of hydrogen-bond acceptors (Lipinski definition) is 4. The lowest BCUT2D eigenvalue weighted by Gasteiger charge is -2.33. The van der Waals surface area contributed by atoms with Gasteiger partial charge in [-0.1, -0.05) is 6.92 Å². The van der Waals surface area contributed by atoms with Gasteiger partial charge in [-0.05, 0) is 43.8 Å². The molecule has 1 fully saturated rings. The minimum absolute atomic E-state index is 0.0759. The molecule has 5 nitrogen and oxygen atoms in total. The zero-order chi connectivity index (χ0) is 15.1. The monoisotopic (exact) mass is 290 g/mol. The SMILES string of the molecule is CCN1CCN(CCCC(=O)Nc2ccc(N)cc2)CC1. The van der Waals surface area contributed by atoms with Crippen LogP contribution < -0.4 is 11.1 Å². The number of hydrogen-bond donors (Lipinski definition) is 2. The van der Waals surface area contributed by atoms with Crippen molar-refractivity contribution >= 4 is 17.3 Å². The van der Waals surface area contributed by atoms with Crippen molar-refractivity contribution in [2.45, 2.75) is 19.8 Å². The van der Waals surface area contributed by atoms with Crippen LogP contribution in [0.5, 0.6) is 0 Å². The van der Waals surface area contributed by atoms with Crippen LogP contribution in [0.25, 0.3) is 0 Å². The number of nitrogens with one attached hydrogen (secondary N) is 1. The van der Waals surface area contributed by atoms with Gasteiger partial charge in [0.25, 0.3) is 0 Å². The maximum Gasteiger partial charge on any atom is 0.224 e. The lowest BCUT2D eigenvalue weighted by Crippen LogP contribution is -2.46. The largest absolute Gasteiger partial charge is 0.399 e. The molecule has 116 valence electrons. The molecule has 1 aromatic carbocycles. The molecule has 5 heteroatoms. The molecular formula is C16H26N4O. The number of nitrogens with two attached hydrogens (primary N) is 1. The summed E-state index contributed by atoms with van der Waals surface area (Å²) in [6, 6.07) is 7.25. The highest BCUT2D eigenvalue weighted by atomic mass is 16.1.